The Morgan fingerprint density at radius 1 is 1.14 bits per heavy atom. The van der Waals surface area contributed by atoms with Crippen molar-refractivity contribution >= 4 is 28.5 Å². The van der Waals surface area contributed by atoms with Crippen LogP contribution in [0.3, 0.4) is 0 Å². The molecule has 1 aromatic rings. The van der Waals surface area contributed by atoms with E-state index >= 15 is 0 Å². The van der Waals surface area contributed by atoms with Crippen LogP contribution in [-0.2, 0) is 0 Å². The van der Waals surface area contributed by atoms with E-state index in [0.717, 1.165) is 5.17 Å². The predicted molar refractivity (Wildman–Crippen MR) is 83.2 cm³/mol. The van der Waals surface area contributed by atoms with E-state index in [0.29, 0.717) is 23.5 Å². The Morgan fingerprint density at radius 3 is 2.19 bits per heavy atom. The number of rotatable bonds is 1. The molecule has 0 radical (unpaired) electrons. The molecule has 5 nitrogen and oxygen atoms in total. The van der Waals surface area contributed by atoms with Crippen molar-refractivity contribution in [3.05, 3.63) is 46.8 Å². The van der Waals surface area contributed by atoms with E-state index in [1.807, 2.05) is 25.1 Å². The molecule has 3 rings (SSSR count). The molecular formula is C15H15N3O2S. The van der Waals surface area contributed by atoms with Crippen LogP contribution in [0.25, 0.3) is 0 Å². The first kappa shape index (κ1) is 13.9. The van der Waals surface area contributed by atoms with Crippen LogP contribution < -0.4 is 0 Å². The lowest BCUT2D eigenvalue weighted by Gasteiger charge is -2.20. The summed E-state index contributed by atoms with van der Waals surface area (Å²) in [6.07, 6.45) is 1.92. The third-order valence-electron chi connectivity index (χ3n) is 3.63. The average Bonchev–Trinajstić information content (AvgIpc) is 2.95. The molecule has 0 bridgehead atoms. The summed E-state index contributed by atoms with van der Waals surface area (Å²) in [4.78, 5) is 27.0. The van der Waals surface area contributed by atoms with Crippen LogP contribution >= 0.6 is 11.8 Å². The number of hydrogen-bond acceptors (Lipinski definition) is 6. The molecule has 1 aliphatic carbocycles. The second-order valence-corrected chi connectivity index (χ2v) is 5.54. The summed E-state index contributed by atoms with van der Waals surface area (Å²) in [5.41, 5.74) is 1.17. The summed E-state index contributed by atoms with van der Waals surface area (Å²) in [5.74, 6) is 0.148. The number of amidine groups is 1. The summed E-state index contributed by atoms with van der Waals surface area (Å²) >= 11 is 1.49. The van der Waals surface area contributed by atoms with Gasteiger partial charge >= 0.3 is 0 Å². The molecule has 1 aromatic carbocycles. The summed E-state index contributed by atoms with van der Waals surface area (Å²) in [5, 5.41) is 6.93. The highest BCUT2D eigenvalue weighted by Crippen LogP contribution is 2.33. The highest BCUT2D eigenvalue weighted by atomic mass is 32.2. The Morgan fingerprint density at radius 2 is 1.71 bits per heavy atom. The second-order valence-electron chi connectivity index (χ2n) is 4.76. The molecule has 0 aromatic heterocycles. The average molecular weight is 301 g/mol. The fourth-order valence-corrected chi connectivity index (χ4v) is 3.17. The number of carbonyl (C=O) groups is 2. The number of ketones is 2. The zero-order valence-electron chi connectivity index (χ0n) is 12.1. The van der Waals surface area contributed by atoms with Gasteiger partial charge in [-0.2, -0.15) is 0 Å². The summed E-state index contributed by atoms with van der Waals surface area (Å²) in [6.45, 7) is 2.54. The first-order chi connectivity index (χ1) is 10.1. The van der Waals surface area contributed by atoms with Gasteiger partial charge in [-0.25, -0.2) is 5.01 Å². The number of allylic oxidation sites excluding steroid dienone is 1. The molecule has 0 amide bonds. The number of carbonyl (C=O) groups excluding carboxylic acids is 2. The van der Waals surface area contributed by atoms with E-state index in [9.17, 15) is 9.59 Å². The van der Waals surface area contributed by atoms with Crippen LogP contribution in [0.15, 0.2) is 40.8 Å². The maximum atomic E-state index is 12.6. The normalized spacial score (nSPS) is 17.8. The lowest BCUT2D eigenvalue weighted by molar-refractivity contribution is 0.0978. The van der Waals surface area contributed by atoms with Crippen molar-refractivity contribution in [1.82, 2.24) is 9.91 Å². The van der Waals surface area contributed by atoms with Gasteiger partial charge in [-0.15, -0.1) is 5.10 Å². The zero-order chi connectivity index (χ0) is 15.1. The quantitative estimate of drug-likeness (QED) is 0.588. The minimum Gasteiger partial charge on any atom is -0.307 e. The maximum absolute atomic E-state index is 12.6. The van der Waals surface area contributed by atoms with Crippen molar-refractivity contribution in [3.63, 3.8) is 0 Å². The number of Topliss-reactive ketones (excluding diaryl/α,β-unsaturated/α-hetero) is 2. The summed E-state index contributed by atoms with van der Waals surface area (Å²) in [6, 6.07) is 6.95. The van der Waals surface area contributed by atoms with Crippen LogP contribution in [0.5, 0.6) is 0 Å². The number of hydrogen-bond donors (Lipinski definition) is 0. The van der Waals surface area contributed by atoms with E-state index in [4.69, 9.17) is 0 Å². The van der Waals surface area contributed by atoms with Crippen LogP contribution in [0.2, 0.25) is 0 Å². The highest BCUT2D eigenvalue weighted by molar-refractivity contribution is 8.13. The predicted octanol–water partition coefficient (Wildman–Crippen LogP) is 2.18. The molecule has 0 spiro atoms. The number of hydrazone groups is 1. The van der Waals surface area contributed by atoms with E-state index in [1.54, 1.807) is 29.3 Å². The summed E-state index contributed by atoms with van der Waals surface area (Å²) < 4.78 is 0. The number of fused-ring (bicyclic) bond motifs is 1. The molecular weight excluding hydrogens is 286 g/mol. The smallest absolute Gasteiger partial charge is 0.201 e. The molecule has 0 fully saturated rings. The van der Waals surface area contributed by atoms with Crippen LogP contribution in [-0.4, -0.2) is 46.5 Å². The first-order valence-electron chi connectivity index (χ1n) is 6.66. The number of benzene rings is 1. The van der Waals surface area contributed by atoms with Gasteiger partial charge in [-0.1, -0.05) is 36.0 Å². The Kier molecular flexibility index (Phi) is 3.33. The van der Waals surface area contributed by atoms with Gasteiger partial charge < -0.3 is 4.90 Å². The van der Waals surface area contributed by atoms with Gasteiger partial charge in [-0.05, 0) is 13.2 Å². The van der Waals surface area contributed by atoms with Crippen LogP contribution in [0.1, 0.15) is 27.6 Å². The van der Waals surface area contributed by atoms with Crippen LogP contribution in [0.4, 0.5) is 0 Å². The molecule has 2 aliphatic rings. The molecule has 1 aliphatic heterocycles. The van der Waals surface area contributed by atoms with Crippen molar-refractivity contribution in [2.75, 3.05) is 19.8 Å². The van der Waals surface area contributed by atoms with Crippen molar-refractivity contribution in [2.24, 2.45) is 5.10 Å². The van der Waals surface area contributed by atoms with Crippen LogP contribution in [0, 0.1) is 0 Å². The molecule has 108 valence electrons. The number of nitrogens with zero attached hydrogens (tertiary/aromatic N) is 3. The minimum absolute atomic E-state index is 0.214. The molecule has 21 heavy (non-hydrogen) atoms. The Bertz CT molecular complexity index is 672. The first-order valence-corrected chi connectivity index (χ1v) is 7.89. The van der Waals surface area contributed by atoms with E-state index in [1.165, 1.54) is 11.8 Å². The van der Waals surface area contributed by atoms with Crippen molar-refractivity contribution in [3.8, 4) is 0 Å². The molecule has 0 atom stereocenters. The lowest BCUT2D eigenvalue weighted by atomic mass is 10.1. The van der Waals surface area contributed by atoms with Gasteiger partial charge in [0.1, 0.15) is 11.4 Å². The monoisotopic (exact) mass is 301 g/mol. The van der Waals surface area contributed by atoms with E-state index in [-0.39, 0.29) is 17.1 Å². The zero-order valence-corrected chi connectivity index (χ0v) is 12.9. The minimum atomic E-state index is -0.214. The van der Waals surface area contributed by atoms with Gasteiger partial charge in [0.25, 0.3) is 0 Å². The largest absolute Gasteiger partial charge is 0.307 e. The molecule has 0 N–H and O–H groups in total. The van der Waals surface area contributed by atoms with E-state index < -0.39 is 0 Å². The second kappa shape index (κ2) is 5.04. The Hall–Kier alpha value is -2.08. The SMILES string of the molecule is CCN1N=C(SC)N(C)C1=C1C(=O)c2ccccc2C1=O. The molecule has 0 unspecified atom stereocenters. The van der Waals surface area contributed by atoms with Gasteiger partial charge in [-0.3, -0.25) is 9.59 Å². The maximum Gasteiger partial charge on any atom is 0.201 e. The Balaban J connectivity index is 2.17. The Labute approximate surface area is 127 Å². The third-order valence-corrected chi connectivity index (χ3v) is 4.35. The standard InChI is InChI=1S/C15H15N3O2S/c1-4-18-14(17(2)15(16-18)21-3)11-12(19)9-7-5-6-8-10(9)13(11)20/h5-8H,4H2,1-3H3. The highest BCUT2D eigenvalue weighted by Gasteiger charge is 2.40. The number of thioether (sulfide) groups is 1. The molecule has 0 saturated carbocycles. The van der Waals surface area contributed by atoms with E-state index in [2.05, 4.69) is 5.10 Å². The fourth-order valence-electron chi connectivity index (χ4n) is 2.63. The van der Waals surface area contributed by atoms with Crippen molar-refractivity contribution in [1.29, 1.82) is 0 Å². The molecule has 1 heterocycles. The van der Waals surface area contributed by atoms with Crippen molar-refractivity contribution in [2.45, 2.75) is 6.92 Å². The summed E-state index contributed by atoms with van der Waals surface area (Å²) in [7, 11) is 1.83. The third kappa shape index (κ3) is 1.90. The van der Waals surface area contributed by atoms with Gasteiger partial charge in [0.15, 0.2) is 5.17 Å². The van der Waals surface area contributed by atoms with Gasteiger partial charge in [0.2, 0.25) is 11.6 Å². The fraction of sp³-hybridized carbons (Fsp3) is 0.267. The lowest BCUT2D eigenvalue weighted by Crippen LogP contribution is -2.28. The van der Waals surface area contributed by atoms with Crippen molar-refractivity contribution < 1.29 is 9.59 Å². The van der Waals surface area contributed by atoms with Gasteiger partial charge in [0.05, 0.1) is 0 Å². The molecule has 0 saturated heterocycles. The molecule has 6 heteroatoms. The van der Waals surface area contributed by atoms with Gasteiger partial charge in [0, 0.05) is 24.7 Å². The topological polar surface area (TPSA) is 53.0 Å².